The summed E-state index contributed by atoms with van der Waals surface area (Å²) >= 11 is 0. The second-order valence-electron chi connectivity index (χ2n) is 5.80. The van der Waals surface area contributed by atoms with Gasteiger partial charge in [0.15, 0.2) is 0 Å². The van der Waals surface area contributed by atoms with Crippen molar-refractivity contribution in [3.8, 4) is 0 Å². The summed E-state index contributed by atoms with van der Waals surface area (Å²) < 4.78 is 52.0. The minimum absolute atomic E-state index is 0.164. The number of rotatable bonds is 8. The Labute approximate surface area is 161 Å². The largest absolute Gasteiger partial charge is 0.492 e. The molecule has 0 radical (unpaired) electrons. The van der Waals surface area contributed by atoms with E-state index in [4.69, 9.17) is 24.3 Å². The number of nitrogens with one attached hydrogen (secondary N) is 1. The van der Waals surface area contributed by atoms with Gasteiger partial charge in [-0.3, -0.25) is 18.9 Å². The maximum absolute atomic E-state index is 12.1. The number of aromatic amines is 1. The summed E-state index contributed by atoms with van der Waals surface area (Å²) in [6, 6.07) is 0. The van der Waals surface area contributed by atoms with Gasteiger partial charge in [0.25, 0.3) is 5.56 Å². The number of phosphoric acid groups is 3. The molecule has 16 nitrogen and oxygen atoms in total. The third kappa shape index (κ3) is 7.03. The van der Waals surface area contributed by atoms with Gasteiger partial charge in [0.05, 0.1) is 12.7 Å². The van der Waals surface area contributed by atoms with Gasteiger partial charge in [0, 0.05) is 18.2 Å². The predicted octanol–water partition coefficient (Wildman–Crippen LogP) is -1.16. The van der Waals surface area contributed by atoms with Crippen LogP contribution in [0.5, 0.6) is 0 Å². The van der Waals surface area contributed by atoms with Crippen LogP contribution < -0.4 is 11.2 Å². The van der Waals surface area contributed by atoms with Gasteiger partial charge in [0.2, 0.25) is 0 Å². The Hall–Kier alpha value is -0.990. The molecule has 0 spiro atoms. The maximum atomic E-state index is 12.1. The molecule has 19 heteroatoms. The Morgan fingerprint density at radius 3 is 2.24 bits per heavy atom. The fourth-order valence-corrected chi connectivity index (χ4v) is 5.50. The lowest BCUT2D eigenvalue weighted by Gasteiger charge is -2.21. The van der Waals surface area contributed by atoms with Crippen LogP contribution in [0.2, 0.25) is 0 Å². The summed E-state index contributed by atoms with van der Waals surface area (Å²) in [6.45, 7) is 0.460. The number of hydrogen-bond donors (Lipinski definition) is 6. The zero-order chi connectivity index (χ0) is 22.2. The van der Waals surface area contributed by atoms with Crippen LogP contribution in [-0.2, 0) is 31.6 Å². The van der Waals surface area contributed by atoms with Crippen LogP contribution in [0, 0.1) is 6.92 Å². The number of H-pyrrole nitrogens is 1. The molecule has 0 aliphatic carbocycles. The Morgan fingerprint density at radius 1 is 1.17 bits per heavy atom. The van der Waals surface area contributed by atoms with Crippen LogP contribution in [-0.4, -0.2) is 53.0 Å². The van der Waals surface area contributed by atoms with Gasteiger partial charge in [-0.2, -0.15) is 8.62 Å². The van der Waals surface area contributed by atoms with Gasteiger partial charge in [0.1, 0.15) is 12.3 Å². The molecule has 2 rings (SSSR count). The van der Waals surface area contributed by atoms with Gasteiger partial charge in [-0.15, -0.1) is 0 Å². The summed E-state index contributed by atoms with van der Waals surface area (Å²) in [5, 5.41) is 10.0. The number of aryl methyl sites for hydroxylation is 1. The number of nitrogens with zero attached hydrogens (tertiary/aromatic N) is 1. The molecule has 1 saturated heterocycles. The van der Waals surface area contributed by atoms with E-state index in [9.17, 15) is 28.4 Å². The first kappa shape index (κ1) is 24.3. The monoisotopic (exact) mass is 482 g/mol. The summed E-state index contributed by atoms with van der Waals surface area (Å²) in [4.78, 5) is 60.2. The van der Waals surface area contributed by atoms with Crippen molar-refractivity contribution in [3.63, 3.8) is 0 Å². The first-order chi connectivity index (χ1) is 13.1. The SMILES string of the molecule is Cc1cn([C@H]2C[C@H](O)[C@@H](COP(=O)(OP(=O)(O)O)OP(=O)(O)O)O2)c(=O)[nH]c1=O. The Balaban J connectivity index is 2.15. The second kappa shape index (κ2) is 8.63. The average Bonchev–Trinajstić information content (AvgIpc) is 2.86. The van der Waals surface area contributed by atoms with E-state index in [2.05, 4.69) is 13.1 Å². The quantitative estimate of drug-likeness (QED) is 0.239. The van der Waals surface area contributed by atoms with Crippen LogP contribution in [0.25, 0.3) is 0 Å². The van der Waals surface area contributed by atoms with Crippen molar-refractivity contribution in [3.05, 3.63) is 32.6 Å². The average molecular weight is 482 g/mol. The molecule has 166 valence electrons. The molecule has 6 N–H and O–H groups in total. The van der Waals surface area contributed by atoms with Crippen molar-refractivity contribution in [1.82, 2.24) is 9.55 Å². The smallest absolute Gasteiger partial charge is 0.390 e. The molecular formula is C10H17N2O14P3. The molecule has 2 heterocycles. The Morgan fingerprint density at radius 2 is 1.72 bits per heavy atom. The van der Waals surface area contributed by atoms with Crippen LogP contribution in [0.1, 0.15) is 18.2 Å². The summed E-state index contributed by atoms with van der Waals surface area (Å²) in [5.74, 6) is 0. The highest BCUT2D eigenvalue weighted by molar-refractivity contribution is 7.66. The molecule has 1 aliphatic heterocycles. The molecule has 1 aromatic rings. The molecule has 0 amide bonds. The zero-order valence-electron chi connectivity index (χ0n) is 14.4. The molecule has 1 fully saturated rings. The molecule has 1 aliphatic rings. The van der Waals surface area contributed by atoms with E-state index in [1.54, 1.807) is 0 Å². The topological polar surface area (TPSA) is 244 Å². The fraction of sp³-hybridized carbons (Fsp3) is 0.600. The lowest BCUT2D eigenvalue weighted by Crippen LogP contribution is -2.33. The third-order valence-corrected chi connectivity index (χ3v) is 7.24. The van der Waals surface area contributed by atoms with Crippen LogP contribution in [0.4, 0.5) is 0 Å². The van der Waals surface area contributed by atoms with Crippen molar-refractivity contribution in [1.29, 1.82) is 0 Å². The van der Waals surface area contributed by atoms with Gasteiger partial charge in [-0.1, -0.05) is 0 Å². The lowest BCUT2D eigenvalue weighted by molar-refractivity contribution is -0.0449. The van der Waals surface area contributed by atoms with E-state index in [0.717, 1.165) is 4.57 Å². The first-order valence-electron chi connectivity index (χ1n) is 7.52. The normalized spacial score (nSPS) is 23.4. The zero-order valence-corrected chi connectivity index (χ0v) is 17.1. The van der Waals surface area contributed by atoms with Crippen molar-refractivity contribution in [2.24, 2.45) is 0 Å². The standard InChI is InChI=1S/C10H17N2O14P3/c1-5-3-12(10(15)11-9(5)14)8-2-6(13)7(24-8)4-23-29(22,25-27(16,17)18)26-28(19,20)21/h3,6-8,13H,2,4H2,1H3,(H,11,14,15)(H2,16,17,18)(H2,19,20,21)/t6-,7+,8+/m0/s1. The predicted molar refractivity (Wildman–Crippen MR) is 90.4 cm³/mol. The van der Waals surface area contributed by atoms with Crippen molar-refractivity contribution in [2.75, 3.05) is 6.61 Å². The minimum atomic E-state index is -5.57. The van der Waals surface area contributed by atoms with Gasteiger partial charge in [-0.05, 0) is 6.92 Å². The van der Waals surface area contributed by atoms with E-state index in [1.165, 1.54) is 13.1 Å². The van der Waals surface area contributed by atoms with E-state index < -0.39 is 59.8 Å². The molecule has 0 aromatic carbocycles. The number of hydrogen-bond acceptors (Lipinski definition) is 10. The van der Waals surface area contributed by atoms with E-state index in [-0.39, 0.29) is 12.0 Å². The highest BCUT2D eigenvalue weighted by Crippen LogP contribution is 2.67. The van der Waals surface area contributed by atoms with Crippen LogP contribution >= 0.6 is 23.5 Å². The molecule has 0 bridgehead atoms. The highest BCUT2D eigenvalue weighted by atomic mass is 31.3. The van der Waals surface area contributed by atoms with E-state index >= 15 is 0 Å². The van der Waals surface area contributed by atoms with Crippen molar-refractivity contribution < 1.29 is 56.3 Å². The first-order valence-corrected chi connectivity index (χ1v) is 12.0. The maximum Gasteiger partial charge on any atom is 0.492 e. The molecule has 1 aromatic heterocycles. The van der Waals surface area contributed by atoms with Gasteiger partial charge < -0.3 is 29.4 Å². The minimum Gasteiger partial charge on any atom is -0.390 e. The summed E-state index contributed by atoms with van der Waals surface area (Å²) in [6.07, 6.45) is -2.87. The van der Waals surface area contributed by atoms with E-state index in [0.29, 0.717) is 0 Å². The number of aromatic nitrogens is 2. The third-order valence-electron chi connectivity index (χ3n) is 3.47. The Bertz CT molecular complexity index is 978. The van der Waals surface area contributed by atoms with Crippen LogP contribution in [0.15, 0.2) is 15.8 Å². The molecule has 0 unspecified atom stereocenters. The lowest BCUT2D eigenvalue weighted by atomic mass is 10.2. The van der Waals surface area contributed by atoms with Gasteiger partial charge in [-0.25, -0.2) is 18.5 Å². The van der Waals surface area contributed by atoms with Crippen molar-refractivity contribution >= 4 is 23.5 Å². The molecule has 29 heavy (non-hydrogen) atoms. The fourth-order valence-electron chi connectivity index (χ4n) is 2.32. The van der Waals surface area contributed by atoms with E-state index in [1.807, 2.05) is 4.98 Å². The number of aliphatic hydroxyl groups is 1. The van der Waals surface area contributed by atoms with Gasteiger partial charge >= 0.3 is 29.2 Å². The molecule has 3 atom stereocenters. The van der Waals surface area contributed by atoms with Crippen LogP contribution in [0.3, 0.4) is 0 Å². The summed E-state index contributed by atoms with van der Waals surface area (Å²) in [7, 11) is -16.6. The van der Waals surface area contributed by atoms with Crippen molar-refractivity contribution in [2.45, 2.75) is 31.8 Å². The number of ether oxygens (including phenoxy) is 1. The second-order valence-corrected chi connectivity index (χ2v) is 10.2. The molecular weight excluding hydrogens is 465 g/mol. The highest BCUT2D eigenvalue weighted by Gasteiger charge is 2.44. The molecule has 0 saturated carbocycles. The Kier molecular flexibility index (Phi) is 7.23. The number of aliphatic hydroxyl groups excluding tert-OH is 1. The summed E-state index contributed by atoms with van der Waals surface area (Å²) in [5.41, 5.74) is -1.31.